The number of pyridine rings is 1. The molecule has 0 radical (unpaired) electrons. The number of ketones is 1. The summed E-state index contributed by atoms with van der Waals surface area (Å²) in [6.45, 7) is 7.22. The quantitative estimate of drug-likeness (QED) is 0.832. The minimum atomic E-state index is -0.128. The summed E-state index contributed by atoms with van der Waals surface area (Å²) in [5.74, 6) is -0.00360. The molecule has 3 heteroatoms. The van der Waals surface area contributed by atoms with E-state index in [1.807, 2.05) is 30.3 Å². The van der Waals surface area contributed by atoms with Crippen LogP contribution >= 0.6 is 0 Å². The van der Waals surface area contributed by atoms with Crippen LogP contribution in [-0.4, -0.2) is 10.4 Å². The first-order valence-corrected chi connectivity index (χ1v) is 8.78. The number of nitrogens with zero attached hydrogens (tertiary/aromatic N) is 1. The number of Topliss-reactive ketones (excluding diaryl/α,β-unsaturated/α-hetero) is 1. The van der Waals surface area contributed by atoms with Gasteiger partial charge in [0.1, 0.15) is 0 Å². The van der Waals surface area contributed by atoms with Gasteiger partial charge in [0, 0.05) is 24.7 Å². The number of hydrogen-bond acceptors (Lipinski definition) is 2. The van der Waals surface area contributed by atoms with E-state index in [4.69, 9.17) is 0 Å². The average Bonchev–Trinajstić information content (AvgIpc) is 2.53. The predicted molar refractivity (Wildman–Crippen MR) is 97.5 cm³/mol. The van der Waals surface area contributed by atoms with Crippen molar-refractivity contribution in [3.8, 4) is 11.3 Å². The van der Waals surface area contributed by atoms with Crippen molar-refractivity contribution in [1.82, 2.24) is 4.57 Å². The predicted octanol–water partition coefficient (Wildman–Crippen LogP) is 4.47. The molecule has 2 aromatic rings. The van der Waals surface area contributed by atoms with E-state index in [1.165, 1.54) is 0 Å². The van der Waals surface area contributed by atoms with Crippen molar-refractivity contribution in [1.29, 1.82) is 0 Å². The van der Waals surface area contributed by atoms with E-state index >= 15 is 0 Å². The first kappa shape index (κ1) is 16.7. The topological polar surface area (TPSA) is 39.1 Å². The van der Waals surface area contributed by atoms with Crippen molar-refractivity contribution in [2.45, 2.75) is 53.0 Å². The van der Waals surface area contributed by atoms with E-state index in [9.17, 15) is 9.59 Å². The maximum absolute atomic E-state index is 12.7. The Hall–Kier alpha value is -2.16. The lowest BCUT2D eigenvalue weighted by atomic mass is 9.75. The third kappa shape index (κ3) is 3.08. The lowest BCUT2D eigenvalue weighted by Crippen LogP contribution is -2.35. The number of rotatable bonds is 4. The largest absolute Gasteiger partial charge is 0.344 e. The first-order valence-electron chi connectivity index (χ1n) is 8.78. The molecule has 0 fully saturated rings. The van der Waals surface area contributed by atoms with E-state index in [2.05, 4.69) is 25.3 Å². The Morgan fingerprint density at radius 2 is 1.79 bits per heavy atom. The Kier molecular flexibility index (Phi) is 4.44. The molecule has 0 atom stereocenters. The summed E-state index contributed by atoms with van der Waals surface area (Å²) >= 11 is 0. The van der Waals surface area contributed by atoms with E-state index in [1.54, 1.807) is 6.07 Å². The van der Waals surface area contributed by atoms with E-state index in [-0.39, 0.29) is 16.6 Å². The molecule has 1 aliphatic rings. The second-order valence-corrected chi connectivity index (χ2v) is 7.53. The van der Waals surface area contributed by atoms with Gasteiger partial charge in [-0.25, -0.2) is 0 Å². The van der Waals surface area contributed by atoms with E-state index < -0.39 is 0 Å². The van der Waals surface area contributed by atoms with Gasteiger partial charge < -0.3 is 4.57 Å². The molecule has 0 unspecified atom stereocenters. The maximum atomic E-state index is 12.7. The van der Waals surface area contributed by atoms with Gasteiger partial charge >= 0.3 is 0 Å². The number of fused-ring (bicyclic) bond motifs is 1. The zero-order valence-corrected chi connectivity index (χ0v) is 14.8. The van der Waals surface area contributed by atoms with Crippen LogP contribution in [0.15, 0.2) is 41.2 Å². The molecule has 0 saturated carbocycles. The van der Waals surface area contributed by atoms with Crippen LogP contribution in [0.2, 0.25) is 0 Å². The van der Waals surface area contributed by atoms with Crippen molar-refractivity contribution in [2.24, 2.45) is 5.41 Å². The van der Waals surface area contributed by atoms with Gasteiger partial charge in [0.25, 0.3) is 0 Å². The zero-order valence-electron chi connectivity index (χ0n) is 14.8. The minimum Gasteiger partial charge on any atom is -0.344 e. The number of benzene rings is 1. The number of carbonyl (C=O) groups excluding carboxylic acids is 1. The minimum absolute atomic E-state index is 0.00360. The van der Waals surface area contributed by atoms with Gasteiger partial charge in [-0.1, -0.05) is 57.5 Å². The fourth-order valence-electron chi connectivity index (χ4n) is 3.64. The molecule has 0 spiro atoms. The summed E-state index contributed by atoms with van der Waals surface area (Å²) in [4.78, 5) is 25.3. The highest BCUT2D eigenvalue weighted by atomic mass is 16.1. The molecule has 3 nitrogen and oxygen atoms in total. The molecule has 1 aromatic heterocycles. The van der Waals surface area contributed by atoms with Crippen LogP contribution in [0.5, 0.6) is 0 Å². The Morgan fingerprint density at radius 3 is 2.46 bits per heavy atom. The third-order valence-electron chi connectivity index (χ3n) is 4.79. The van der Waals surface area contributed by atoms with Gasteiger partial charge in [-0.15, -0.1) is 0 Å². The summed E-state index contributed by atoms with van der Waals surface area (Å²) in [7, 11) is 0. The molecular formula is C21H25NO2. The lowest BCUT2D eigenvalue weighted by Gasteiger charge is -2.33. The summed E-state index contributed by atoms with van der Waals surface area (Å²) in [5, 5.41) is 0. The van der Waals surface area contributed by atoms with Crippen LogP contribution in [-0.2, 0) is 13.0 Å². The average molecular weight is 323 g/mol. The Balaban J connectivity index is 2.27. The Bertz CT molecular complexity index is 816. The summed E-state index contributed by atoms with van der Waals surface area (Å²) in [5.41, 5.74) is 3.08. The van der Waals surface area contributed by atoms with Gasteiger partial charge in [0.15, 0.2) is 11.2 Å². The number of aromatic nitrogens is 1. The van der Waals surface area contributed by atoms with Crippen molar-refractivity contribution >= 4 is 5.78 Å². The fourth-order valence-corrected chi connectivity index (χ4v) is 3.64. The number of carbonyl (C=O) groups is 1. The molecule has 126 valence electrons. The molecule has 0 amide bonds. The third-order valence-corrected chi connectivity index (χ3v) is 4.79. The Labute approximate surface area is 143 Å². The van der Waals surface area contributed by atoms with Crippen LogP contribution in [0, 0.1) is 5.41 Å². The van der Waals surface area contributed by atoms with Gasteiger partial charge in [-0.3, -0.25) is 9.59 Å². The summed E-state index contributed by atoms with van der Waals surface area (Å²) in [6, 6.07) is 11.7. The first-order chi connectivity index (χ1) is 11.4. The monoisotopic (exact) mass is 323 g/mol. The van der Waals surface area contributed by atoms with Crippen LogP contribution < -0.4 is 5.43 Å². The van der Waals surface area contributed by atoms with Gasteiger partial charge in [-0.2, -0.15) is 0 Å². The highest BCUT2D eigenvalue weighted by molar-refractivity contribution is 5.98. The van der Waals surface area contributed by atoms with Gasteiger partial charge in [0.2, 0.25) is 0 Å². The number of hydrogen-bond donors (Lipinski definition) is 0. The second kappa shape index (κ2) is 6.39. The van der Waals surface area contributed by atoms with Gasteiger partial charge in [0.05, 0.1) is 11.3 Å². The second-order valence-electron chi connectivity index (χ2n) is 7.53. The molecular weight excluding hydrogens is 298 g/mol. The van der Waals surface area contributed by atoms with Gasteiger partial charge in [-0.05, 0) is 23.8 Å². The summed E-state index contributed by atoms with van der Waals surface area (Å²) < 4.78 is 2.22. The normalized spacial score (nSPS) is 16.0. The van der Waals surface area contributed by atoms with Crippen LogP contribution in [0.25, 0.3) is 11.3 Å². The molecule has 0 bridgehead atoms. The maximum Gasteiger partial charge on any atom is 0.193 e. The molecule has 1 aliphatic carbocycles. The molecule has 0 aliphatic heterocycles. The molecule has 1 heterocycles. The Morgan fingerprint density at radius 1 is 1.08 bits per heavy atom. The standard InChI is InChI=1S/C21H25NO2/c1-4-5-11-22-16(15-9-7-6-8-10-15)12-18(23)20-17(22)13-21(2,3)14-19(20)24/h6-10,12H,4-5,11,13-14H2,1-3H3. The number of unbranched alkanes of at least 4 members (excludes halogenated alkanes) is 1. The SMILES string of the molecule is CCCCn1c(-c2ccccc2)cc(=O)c2c1CC(C)(C)CC2=O. The molecule has 3 rings (SSSR count). The van der Waals surface area contributed by atoms with Crippen LogP contribution in [0.1, 0.15) is 56.1 Å². The fraction of sp³-hybridized carbons (Fsp3) is 0.429. The van der Waals surface area contributed by atoms with Crippen molar-refractivity contribution < 1.29 is 4.79 Å². The molecule has 0 saturated heterocycles. The zero-order chi connectivity index (χ0) is 17.3. The molecule has 1 aromatic carbocycles. The summed E-state index contributed by atoms with van der Waals surface area (Å²) in [6.07, 6.45) is 3.33. The van der Waals surface area contributed by atoms with Crippen molar-refractivity contribution in [3.63, 3.8) is 0 Å². The highest BCUT2D eigenvalue weighted by Gasteiger charge is 2.34. The lowest BCUT2D eigenvalue weighted by molar-refractivity contribution is 0.0906. The highest BCUT2D eigenvalue weighted by Crippen LogP contribution is 2.35. The molecule has 0 N–H and O–H groups in total. The van der Waals surface area contributed by atoms with Crippen molar-refractivity contribution in [3.05, 3.63) is 57.9 Å². The van der Waals surface area contributed by atoms with Crippen molar-refractivity contribution in [2.75, 3.05) is 0 Å². The van der Waals surface area contributed by atoms with Crippen LogP contribution in [0.3, 0.4) is 0 Å². The van der Waals surface area contributed by atoms with E-state index in [0.29, 0.717) is 12.0 Å². The smallest absolute Gasteiger partial charge is 0.193 e. The molecule has 24 heavy (non-hydrogen) atoms. The van der Waals surface area contributed by atoms with Crippen LogP contribution in [0.4, 0.5) is 0 Å². The van der Waals surface area contributed by atoms with E-state index in [0.717, 1.165) is 42.8 Å².